The molecule has 0 saturated heterocycles. The van der Waals surface area contributed by atoms with Gasteiger partial charge in [-0.05, 0) is 6.07 Å². The molecule has 2 rings (SSSR count). The van der Waals surface area contributed by atoms with Crippen molar-refractivity contribution < 1.29 is 9.59 Å². The largest absolute Gasteiger partial charge is 0.364 e. The number of hydrogen-bond donors (Lipinski definition) is 2. The van der Waals surface area contributed by atoms with Crippen LogP contribution in [-0.2, 0) is 14.1 Å². The quantitative estimate of drug-likeness (QED) is 0.763. The van der Waals surface area contributed by atoms with Crippen LogP contribution in [0.25, 0.3) is 0 Å². The first-order valence-corrected chi connectivity index (χ1v) is 5.12. The second kappa shape index (κ2) is 4.32. The lowest BCUT2D eigenvalue weighted by Crippen LogP contribution is -2.20. The second-order valence-electron chi connectivity index (χ2n) is 3.72. The van der Waals surface area contributed by atoms with Gasteiger partial charge in [-0.25, -0.2) is 0 Å². The van der Waals surface area contributed by atoms with Gasteiger partial charge in [0.1, 0.15) is 5.69 Å². The van der Waals surface area contributed by atoms with Crippen LogP contribution in [0.3, 0.4) is 0 Å². The summed E-state index contributed by atoms with van der Waals surface area (Å²) in [4.78, 5) is 23.1. The Kier molecular flexibility index (Phi) is 2.84. The van der Waals surface area contributed by atoms with E-state index >= 15 is 0 Å². The number of aromatic nitrogens is 4. The molecule has 2 heterocycles. The van der Waals surface area contributed by atoms with Gasteiger partial charge < -0.3 is 11.1 Å². The summed E-state index contributed by atoms with van der Waals surface area (Å²) in [5.41, 5.74) is 5.86. The van der Waals surface area contributed by atoms with E-state index in [1.807, 2.05) is 0 Å². The minimum absolute atomic E-state index is 0.138. The molecular weight excluding hydrogens is 236 g/mol. The molecule has 0 aliphatic heterocycles. The number of carbonyl (C=O) groups excluding carboxylic acids is 2. The van der Waals surface area contributed by atoms with Gasteiger partial charge in [-0.2, -0.15) is 10.2 Å². The Morgan fingerprint density at radius 2 is 2.11 bits per heavy atom. The molecule has 94 valence electrons. The monoisotopic (exact) mass is 248 g/mol. The van der Waals surface area contributed by atoms with Crippen LogP contribution in [-0.4, -0.2) is 31.4 Å². The summed E-state index contributed by atoms with van der Waals surface area (Å²) in [7, 11) is 3.27. The Morgan fingerprint density at radius 3 is 2.67 bits per heavy atom. The van der Waals surface area contributed by atoms with Crippen molar-refractivity contribution in [2.75, 3.05) is 5.32 Å². The molecule has 2 amide bonds. The van der Waals surface area contributed by atoms with Gasteiger partial charge in [-0.1, -0.05) is 0 Å². The predicted octanol–water partition coefficient (Wildman–Crippen LogP) is -0.495. The second-order valence-corrected chi connectivity index (χ2v) is 3.72. The van der Waals surface area contributed by atoms with Gasteiger partial charge in [-0.3, -0.25) is 19.0 Å². The number of nitrogens with two attached hydrogens (primary N) is 1. The molecule has 0 radical (unpaired) electrons. The van der Waals surface area contributed by atoms with E-state index in [1.165, 1.54) is 15.6 Å². The zero-order valence-electron chi connectivity index (χ0n) is 9.91. The van der Waals surface area contributed by atoms with Crippen molar-refractivity contribution in [2.24, 2.45) is 19.8 Å². The summed E-state index contributed by atoms with van der Waals surface area (Å²) in [5.74, 6) is -1.09. The normalized spacial score (nSPS) is 10.3. The van der Waals surface area contributed by atoms with Crippen molar-refractivity contribution in [3.05, 3.63) is 29.8 Å². The Bertz CT molecular complexity index is 612. The zero-order chi connectivity index (χ0) is 13.3. The van der Waals surface area contributed by atoms with E-state index in [9.17, 15) is 9.59 Å². The molecule has 8 nitrogen and oxygen atoms in total. The van der Waals surface area contributed by atoms with Crippen molar-refractivity contribution >= 4 is 17.5 Å². The number of rotatable bonds is 3. The average Bonchev–Trinajstić information content (AvgIpc) is 2.85. The van der Waals surface area contributed by atoms with Crippen LogP contribution in [0.1, 0.15) is 21.0 Å². The summed E-state index contributed by atoms with van der Waals surface area (Å²) in [6.45, 7) is 0. The molecule has 0 aliphatic carbocycles. The molecule has 0 fully saturated rings. The van der Waals surface area contributed by atoms with Crippen molar-refractivity contribution in [1.29, 1.82) is 0 Å². The maximum Gasteiger partial charge on any atom is 0.276 e. The van der Waals surface area contributed by atoms with Crippen LogP contribution >= 0.6 is 0 Å². The summed E-state index contributed by atoms with van der Waals surface area (Å²) >= 11 is 0. The van der Waals surface area contributed by atoms with Gasteiger partial charge in [0.2, 0.25) is 0 Å². The van der Waals surface area contributed by atoms with E-state index in [2.05, 4.69) is 15.5 Å². The highest BCUT2D eigenvalue weighted by Crippen LogP contribution is 2.14. The average molecular weight is 248 g/mol. The third-order valence-corrected chi connectivity index (χ3v) is 2.37. The fourth-order valence-corrected chi connectivity index (χ4v) is 1.54. The van der Waals surface area contributed by atoms with Crippen LogP contribution in [0.15, 0.2) is 18.5 Å². The first-order chi connectivity index (χ1) is 8.49. The van der Waals surface area contributed by atoms with Crippen molar-refractivity contribution in [2.45, 2.75) is 0 Å². The third kappa shape index (κ3) is 2.08. The van der Waals surface area contributed by atoms with E-state index in [4.69, 9.17) is 5.73 Å². The van der Waals surface area contributed by atoms with Crippen molar-refractivity contribution in [3.8, 4) is 0 Å². The summed E-state index contributed by atoms with van der Waals surface area (Å²) in [5, 5.41) is 10.4. The molecule has 3 N–H and O–H groups in total. The van der Waals surface area contributed by atoms with Crippen LogP contribution in [0, 0.1) is 0 Å². The fourth-order valence-electron chi connectivity index (χ4n) is 1.54. The molecular formula is C10H12N6O2. The third-order valence-electron chi connectivity index (χ3n) is 2.37. The highest BCUT2D eigenvalue weighted by atomic mass is 16.2. The van der Waals surface area contributed by atoms with E-state index in [0.29, 0.717) is 0 Å². The number of nitrogens with zero attached hydrogens (tertiary/aromatic N) is 4. The number of nitrogens with one attached hydrogen (secondary N) is 1. The number of aryl methyl sites for hydroxylation is 2. The summed E-state index contributed by atoms with van der Waals surface area (Å²) < 4.78 is 2.81. The van der Waals surface area contributed by atoms with Crippen LogP contribution in [0.4, 0.5) is 5.69 Å². The Labute approximate surface area is 102 Å². The van der Waals surface area contributed by atoms with Gasteiger partial charge in [0, 0.05) is 20.3 Å². The molecule has 2 aromatic rings. The lowest BCUT2D eigenvalue weighted by Gasteiger charge is -2.03. The minimum Gasteiger partial charge on any atom is -0.364 e. The number of primary amides is 1. The smallest absolute Gasteiger partial charge is 0.276 e. The molecule has 0 atom stereocenters. The van der Waals surface area contributed by atoms with E-state index in [1.54, 1.807) is 26.4 Å². The summed E-state index contributed by atoms with van der Waals surface area (Å²) in [6.07, 6.45) is 3.01. The van der Waals surface area contributed by atoms with E-state index in [0.717, 1.165) is 0 Å². The minimum atomic E-state index is -0.661. The lowest BCUT2D eigenvalue weighted by molar-refractivity contribution is 0.0992. The van der Waals surface area contributed by atoms with Crippen LogP contribution < -0.4 is 11.1 Å². The van der Waals surface area contributed by atoms with Crippen LogP contribution in [0.2, 0.25) is 0 Å². The molecule has 0 bridgehead atoms. The Balaban J connectivity index is 2.25. The molecule has 0 saturated carbocycles. The SMILES string of the molecule is Cn1ccc(C(=O)Nc2cnn(C)c2C(N)=O)n1. The number of anilines is 1. The highest BCUT2D eigenvalue weighted by Gasteiger charge is 2.17. The van der Waals surface area contributed by atoms with Gasteiger partial charge in [0.15, 0.2) is 5.69 Å². The van der Waals surface area contributed by atoms with Crippen molar-refractivity contribution in [3.63, 3.8) is 0 Å². The molecule has 0 unspecified atom stereocenters. The first-order valence-electron chi connectivity index (χ1n) is 5.12. The van der Waals surface area contributed by atoms with Crippen LogP contribution in [0.5, 0.6) is 0 Å². The van der Waals surface area contributed by atoms with E-state index < -0.39 is 11.8 Å². The summed E-state index contributed by atoms with van der Waals surface area (Å²) in [6, 6.07) is 1.57. The standard InChI is InChI=1S/C10H12N6O2/c1-15-4-3-6(14-15)10(18)13-7-5-12-16(2)8(7)9(11)17/h3-5H,1-2H3,(H2,11,17)(H,13,18). The molecule has 2 aromatic heterocycles. The van der Waals surface area contributed by atoms with Crippen molar-refractivity contribution in [1.82, 2.24) is 19.6 Å². The number of amides is 2. The predicted molar refractivity (Wildman–Crippen MR) is 62.9 cm³/mol. The number of carbonyl (C=O) groups is 2. The fraction of sp³-hybridized carbons (Fsp3) is 0.200. The highest BCUT2D eigenvalue weighted by molar-refractivity contribution is 6.07. The Morgan fingerprint density at radius 1 is 1.39 bits per heavy atom. The van der Waals surface area contributed by atoms with Gasteiger partial charge in [0.25, 0.3) is 11.8 Å². The first kappa shape index (κ1) is 11.8. The topological polar surface area (TPSA) is 108 Å². The molecule has 0 aromatic carbocycles. The van der Waals surface area contributed by atoms with E-state index in [-0.39, 0.29) is 17.1 Å². The molecule has 0 aliphatic rings. The Hall–Kier alpha value is -2.64. The molecule has 0 spiro atoms. The van der Waals surface area contributed by atoms with Gasteiger partial charge >= 0.3 is 0 Å². The lowest BCUT2D eigenvalue weighted by atomic mass is 10.3. The maximum atomic E-state index is 11.8. The molecule has 8 heteroatoms. The van der Waals surface area contributed by atoms with Gasteiger partial charge in [-0.15, -0.1) is 0 Å². The molecule has 18 heavy (non-hydrogen) atoms. The number of hydrogen-bond acceptors (Lipinski definition) is 4. The van der Waals surface area contributed by atoms with Gasteiger partial charge in [0.05, 0.1) is 11.9 Å². The maximum absolute atomic E-state index is 11.8. The zero-order valence-corrected chi connectivity index (χ0v) is 9.91.